The summed E-state index contributed by atoms with van der Waals surface area (Å²) >= 11 is 1.40. The average molecular weight is 430 g/mol. The molecule has 0 saturated heterocycles. The maximum absolute atomic E-state index is 13.6. The molecule has 0 spiro atoms. The first-order valence-electron chi connectivity index (χ1n) is 9.59. The van der Waals surface area contributed by atoms with E-state index in [4.69, 9.17) is 9.72 Å². The van der Waals surface area contributed by atoms with Crippen molar-refractivity contribution in [2.45, 2.75) is 17.8 Å². The molecule has 9 heteroatoms. The molecule has 0 saturated carbocycles. The van der Waals surface area contributed by atoms with E-state index in [2.05, 4.69) is 19.9 Å². The van der Waals surface area contributed by atoms with Gasteiger partial charge < -0.3 is 9.72 Å². The number of para-hydroxylation sites is 2. The van der Waals surface area contributed by atoms with Gasteiger partial charge in [-0.15, -0.1) is 0 Å². The van der Waals surface area contributed by atoms with Crippen molar-refractivity contribution in [1.29, 1.82) is 0 Å². The number of hydrogen-bond donors (Lipinski definition) is 1. The summed E-state index contributed by atoms with van der Waals surface area (Å²) in [4.78, 5) is 34.4. The van der Waals surface area contributed by atoms with E-state index in [0.29, 0.717) is 50.2 Å². The monoisotopic (exact) mass is 430 g/mol. The minimum atomic E-state index is -0.131. The molecule has 0 bridgehead atoms. The molecule has 1 N–H and O–H groups in total. The number of methoxy groups -OCH3 is 1. The van der Waals surface area contributed by atoms with Crippen LogP contribution in [0.25, 0.3) is 27.8 Å². The lowest BCUT2D eigenvalue weighted by atomic mass is 10.1. The van der Waals surface area contributed by atoms with Gasteiger partial charge in [-0.1, -0.05) is 36.0 Å². The minimum Gasteiger partial charge on any atom is -0.495 e. The van der Waals surface area contributed by atoms with E-state index >= 15 is 0 Å². The Bertz CT molecular complexity index is 1480. The third kappa shape index (κ3) is 3.42. The van der Waals surface area contributed by atoms with Crippen LogP contribution in [0.15, 0.2) is 64.9 Å². The van der Waals surface area contributed by atoms with Gasteiger partial charge in [0.25, 0.3) is 5.56 Å². The van der Waals surface area contributed by atoms with Gasteiger partial charge in [-0.25, -0.2) is 19.9 Å². The van der Waals surface area contributed by atoms with Gasteiger partial charge in [-0.2, -0.15) is 0 Å². The number of fused-ring (bicyclic) bond motifs is 2. The summed E-state index contributed by atoms with van der Waals surface area (Å²) in [6.45, 7) is 1.92. The number of thioether (sulfide) groups is 1. The van der Waals surface area contributed by atoms with Crippen molar-refractivity contribution in [2.75, 3.05) is 7.11 Å². The molecule has 3 aromatic heterocycles. The largest absolute Gasteiger partial charge is 0.495 e. The minimum absolute atomic E-state index is 0.131. The molecule has 0 fully saturated rings. The molecule has 8 nitrogen and oxygen atoms in total. The van der Waals surface area contributed by atoms with Crippen molar-refractivity contribution in [2.24, 2.45) is 0 Å². The van der Waals surface area contributed by atoms with Gasteiger partial charge in [-0.05, 0) is 30.7 Å². The van der Waals surface area contributed by atoms with Gasteiger partial charge in [0.15, 0.2) is 10.8 Å². The van der Waals surface area contributed by atoms with Crippen LogP contribution in [0.3, 0.4) is 0 Å². The van der Waals surface area contributed by atoms with E-state index in [1.165, 1.54) is 11.8 Å². The molecule has 2 aromatic carbocycles. The van der Waals surface area contributed by atoms with Crippen molar-refractivity contribution in [3.05, 3.63) is 76.7 Å². The van der Waals surface area contributed by atoms with Crippen molar-refractivity contribution in [3.8, 4) is 11.4 Å². The van der Waals surface area contributed by atoms with E-state index in [1.807, 2.05) is 49.4 Å². The van der Waals surface area contributed by atoms with Crippen LogP contribution < -0.4 is 10.3 Å². The van der Waals surface area contributed by atoms with Crippen LogP contribution >= 0.6 is 11.8 Å². The van der Waals surface area contributed by atoms with Gasteiger partial charge in [-0.3, -0.25) is 9.36 Å². The lowest BCUT2D eigenvalue weighted by Crippen LogP contribution is -2.24. The van der Waals surface area contributed by atoms with Crippen molar-refractivity contribution >= 4 is 33.8 Å². The predicted molar refractivity (Wildman–Crippen MR) is 120 cm³/mol. The molecule has 5 aromatic rings. The van der Waals surface area contributed by atoms with Crippen LogP contribution in [0.5, 0.6) is 5.75 Å². The Hall–Kier alpha value is -3.72. The number of aromatic amines is 1. The Kier molecular flexibility index (Phi) is 4.87. The van der Waals surface area contributed by atoms with Crippen molar-refractivity contribution in [3.63, 3.8) is 0 Å². The van der Waals surface area contributed by atoms with E-state index in [-0.39, 0.29) is 5.56 Å². The van der Waals surface area contributed by atoms with Gasteiger partial charge in [0.2, 0.25) is 0 Å². The maximum Gasteiger partial charge on any atom is 0.266 e. The summed E-state index contributed by atoms with van der Waals surface area (Å²) in [7, 11) is 1.59. The summed E-state index contributed by atoms with van der Waals surface area (Å²) < 4.78 is 7.14. The van der Waals surface area contributed by atoms with Gasteiger partial charge in [0, 0.05) is 0 Å². The Morgan fingerprint density at radius 2 is 1.94 bits per heavy atom. The molecule has 31 heavy (non-hydrogen) atoms. The Morgan fingerprint density at radius 1 is 1.06 bits per heavy atom. The SMILES string of the molecule is COc1ccccc1-n1c(CSc2ncc3nc[nH]c3n2)nc2cccc(C)c2c1=O. The molecule has 0 atom stereocenters. The molecule has 0 unspecified atom stereocenters. The van der Waals surface area contributed by atoms with E-state index in [1.54, 1.807) is 24.2 Å². The summed E-state index contributed by atoms with van der Waals surface area (Å²) in [5.74, 6) is 1.59. The Morgan fingerprint density at radius 3 is 2.81 bits per heavy atom. The number of nitrogens with zero attached hydrogens (tertiary/aromatic N) is 5. The zero-order valence-corrected chi connectivity index (χ0v) is 17.7. The second kappa shape index (κ2) is 7.84. The van der Waals surface area contributed by atoms with Crippen LogP contribution in [0.4, 0.5) is 0 Å². The molecule has 154 valence electrons. The van der Waals surface area contributed by atoms with Gasteiger partial charge >= 0.3 is 0 Å². The highest BCUT2D eigenvalue weighted by molar-refractivity contribution is 7.98. The second-order valence-corrected chi connectivity index (χ2v) is 7.83. The fraction of sp³-hybridized carbons (Fsp3) is 0.136. The molecule has 0 amide bonds. The third-order valence-electron chi connectivity index (χ3n) is 4.98. The number of benzene rings is 2. The van der Waals surface area contributed by atoms with Gasteiger partial charge in [0.1, 0.15) is 17.1 Å². The second-order valence-electron chi connectivity index (χ2n) is 6.89. The quantitative estimate of drug-likeness (QED) is 0.336. The van der Waals surface area contributed by atoms with E-state index in [9.17, 15) is 4.79 Å². The maximum atomic E-state index is 13.6. The first-order chi connectivity index (χ1) is 15.2. The topological polar surface area (TPSA) is 98.6 Å². The molecule has 3 heterocycles. The molecular weight excluding hydrogens is 412 g/mol. The summed E-state index contributed by atoms with van der Waals surface area (Å²) in [5.41, 5.74) is 3.43. The van der Waals surface area contributed by atoms with Crippen molar-refractivity contribution < 1.29 is 4.74 Å². The third-order valence-corrected chi connectivity index (χ3v) is 5.84. The zero-order valence-electron chi connectivity index (χ0n) is 16.9. The fourth-order valence-electron chi connectivity index (χ4n) is 3.52. The lowest BCUT2D eigenvalue weighted by Gasteiger charge is -2.16. The number of hydrogen-bond acceptors (Lipinski definition) is 7. The molecular formula is C22H18N6O2S. The molecule has 5 rings (SSSR count). The highest BCUT2D eigenvalue weighted by Crippen LogP contribution is 2.26. The highest BCUT2D eigenvalue weighted by Gasteiger charge is 2.17. The Balaban J connectivity index is 1.66. The number of H-pyrrole nitrogens is 1. The summed E-state index contributed by atoms with van der Waals surface area (Å²) in [6, 6.07) is 13.1. The van der Waals surface area contributed by atoms with Gasteiger partial charge in [0.05, 0.1) is 42.0 Å². The Labute approximate surface area is 181 Å². The molecule has 0 aliphatic rings. The first-order valence-corrected chi connectivity index (χ1v) is 10.6. The molecule has 0 aliphatic carbocycles. The van der Waals surface area contributed by atoms with Crippen LogP contribution in [0.2, 0.25) is 0 Å². The zero-order chi connectivity index (χ0) is 21.4. The predicted octanol–water partition coefficient (Wildman–Crippen LogP) is 3.66. The first kappa shape index (κ1) is 19.3. The number of ether oxygens (including phenoxy) is 1. The van der Waals surface area contributed by atoms with Crippen LogP contribution in [-0.2, 0) is 5.75 Å². The van der Waals surface area contributed by atoms with Crippen molar-refractivity contribution in [1.82, 2.24) is 29.5 Å². The number of imidazole rings is 1. The van der Waals surface area contributed by atoms with E-state index < -0.39 is 0 Å². The van der Waals surface area contributed by atoms with E-state index in [0.717, 1.165) is 5.56 Å². The van der Waals surface area contributed by atoms with Crippen LogP contribution in [-0.4, -0.2) is 36.6 Å². The summed E-state index contributed by atoms with van der Waals surface area (Å²) in [5, 5.41) is 1.17. The molecule has 0 aliphatic heterocycles. The number of aryl methyl sites for hydroxylation is 1. The summed E-state index contributed by atoms with van der Waals surface area (Å²) in [6.07, 6.45) is 3.26. The normalized spacial score (nSPS) is 11.3. The number of rotatable bonds is 5. The lowest BCUT2D eigenvalue weighted by molar-refractivity contribution is 0.412. The fourth-order valence-corrected chi connectivity index (χ4v) is 4.26. The smallest absolute Gasteiger partial charge is 0.266 e. The highest BCUT2D eigenvalue weighted by atomic mass is 32.2. The average Bonchev–Trinajstić information content (AvgIpc) is 3.25. The standard InChI is InChI=1S/C22H18N6O2S/c1-13-6-5-7-14-19(13)21(29)28(16-8-3-4-9-17(16)30-2)18(26-14)11-31-22-23-10-15-20(27-22)25-12-24-15/h3-10,12H,11H2,1-2H3,(H,23,24,25,27). The van der Waals surface area contributed by atoms with Crippen LogP contribution in [0, 0.1) is 6.92 Å². The number of aromatic nitrogens is 6. The molecule has 0 radical (unpaired) electrons. The number of nitrogens with one attached hydrogen (secondary N) is 1. The van der Waals surface area contributed by atoms with Crippen LogP contribution in [0.1, 0.15) is 11.4 Å².